The molecule has 0 unspecified atom stereocenters. The summed E-state index contributed by atoms with van der Waals surface area (Å²) in [5.41, 5.74) is 0.571. The molecule has 1 N–H and O–H groups in total. The van der Waals surface area contributed by atoms with Crippen LogP contribution in [-0.2, 0) is 0 Å². The maximum absolute atomic E-state index is 3.75. The Hall–Kier alpha value is -0.0800. The molecule has 0 saturated heterocycles. The molecule has 0 heterocycles. The maximum atomic E-state index is 3.75. The molecule has 0 radical (unpaired) electrons. The van der Waals surface area contributed by atoms with Crippen LogP contribution in [0.3, 0.4) is 0 Å². The Morgan fingerprint density at radius 1 is 1.05 bits per heavy atom. The van der Waals surface area contributed by atoms with Crippen LogP contribution in [0, 0.1) is 11.3 Å². The summed E-state index contributed by atoms with van der Waals surface area (Å²) in [6.07, 6.45) is 13.0. The van der Waals surface area contributed by atoms with Crippen LogP contribution in [0.5, 0.6) is 0 Å². The van der Waals surface area contributed by atoms with E-state index in [0.717, 1.165) is 12.0 Å². The van der Waals surface area contributed by atoms with Gasteiger partial charge < -0.3 is 10.2 Å². The molecule has 0 spiro atoms. The highest BCUT2D eigenvalue weighted by atomic mass is 15.1. The molecule has 0 bridgehead atoms. The van der Waals surface area contributed by atoms with E-state index in [-0.39, 0.29) is 0 Å². The summed E-state index contributed by atoms with van der Waals surface area (Å²) in [6.45, 7) is 8.35. The SMILES string of the molecule is CC(C)CNCC1(CN(C)C2CCCCC2)CCCC1. The van der Waals surface area contributed by atoms with Crippen molar-refractivity contribution in [3.8, 4) is 0 Å². The Bertz CT molecular complexity index is 263. The predicted octanol–water partition coefficient (Wildman–Crippen LogP) is 4.06. The zero-order valence-corrected chi connectivity index (χ0v) is 14.1. The summed E-state index contributed by atoms with van der Waals surface area (Å²) in [4.78, 5) is 2.71. The van der Waals surface area contributed by atoms with Crippen LogP contribution < -0.4 is 5.32 Å². The molecule has 0 amide bonds. The van der Waals surface area contributed by atoms with Gasteiger partial charge in [0.15, 0.2) is 0 Å². The predicted molar refractivity (Wildman–Crippen MR) is 88.1 cm³/mol. The monoisotopic (exact) mass is 280 g/mol. The molecule has 0 aliphatic heterocycles. The van der Waals surface area contributed by atoms with E-state index >= 15 is 0 Å². The Balaban J connectivity index is 1.83. The number of nitrogens with zero attached hydrogens (tertiary/aromatic N) is 1. The summed E-state index contributed by atoms with van der Waals surface area (Å²) in [5, 5.41) is 3.75. The number of nitrogens with one attached hydrogen (secondary N) is 1. The van der Waals surface area contributed by atoms with Crippen molar-refractivity contribution in [3.05, 3.63) is 0 Å². The van der Waals surface area contributed by atoms with Crippen molar-refractivity contribution in [2.24, 2.45) is 11.3 Å². The first kappa shape index (κ1) is 16.3. The van der Waals surface area contributed by atoms with Gasteiger partial charge in [-0.2, -0.15) is 0 Å². The summed E-state index contributed by atoms with van der Waals surface area (Å²) in [6, 6.07) is 0.867. The molecule has 0 aromatic rings. The first-order chi connectivity index (χ1) is 9.61. The highest BCUT2D eigenvalue weighted by molar-refractivity contribution is 4.90. The second-order valence-electron chi connectivity index (χ2n) is 7.94. The van der Waals surface area contributed by atoms with Crippen LogP contribution >= 0.6 is 0 Å². The van der Waals surface area contributed by atoms with Gasteiger partial charge in [0, 0.05) is 19.1 Å². The van der Waals surface area contributed by atoms with Gasteiger partial charge in [-0.25, -0.2) is 0 Å². The minimum absolute atomic E-state index is 0.571. The Morgan fingerprint density at radius 3 is 2.30 bits per heavy atom. The number of hydrogen-bond acceptors (Lipinski definition) is 2. The second-order valence-corrected chi connectivity index (χ2v) is 7.94. The first-order valence-electron chi connectivity index (χ1n) is 9.02. The van der Waals surface area contributed by atoms with Crippen molar-refractivity contribution in [2.45, 2.75) is 77.7 Å². The van der Waals surface area contributed by atoms with Crippen LogP contribution in [0.15, 0.2) is 0 Å². The number of hydrogen-bond donors (Lipinski definition) is 1. The van der Waals surface area contributed by atoms with Gasteiger partial charge in [-0.05, 0) is 50.6 Å². The molecule has 2 heteroatoms. The summed E-state index contributed by atoms with van der Waals surface area (Å²) < 4.78 is 0. The molecule has 0 atom stereocenters. The van der Waals surface area contributed by atoms with Crippen molar-refractivity contribution < 1.29 is 0 Å². The zero-order valence-electron chi connectivity index (χ0n) is 14.1. The molecule has 2 aliphatic carbocycles. The lowest BCUT2D eigenvalue weighted by Crippen LogP contribution is -2.45. The summed E-state index contributed by atoms with van der Waals surface area (Å²) in [5.74, 6) is 0.768. The van der Waals surface area contributed by atoms with E-state index in [4.69, 9.17) is 0 Å². The van der Waals surface area contributed by atoms with Gasteiger partial charge in [-0.1, -0.05) is 46.0 Å². The van der Waals surface area contributed by atoms with Crippen molar-refractivity contribution >= 4 is 0 Å². The third kappa shape index (κ3) is 4.73. The highest BCUT2D eigenvalue weighted by Crippen LogP contribution is 2.39. The lowest BCUT2D eigenvalue weighted by molar-refractivity contribution is 0.113. The second kappa shape index (κ2) is 7.79. The molecular weight excluding hydrogens is 244 g/mol. The lowest BCUT2D eigenvalue weighted by Gasteiger charge is -2.39. The standard InChI is InChI=1S/C18H36N2/c1-16(2)13-19-14-18(11-7-8-12-18)15-20(3)17-9-5-4-6-10-17/h16-17,19H,4-15H2,1-3H3. The minimum Gasteiger partial charge on any atom is -0.316 e. The third-order valence-electron chi connectivity index (χ3n) is 5.50. The average molecular weight is 280 g/mol. The summed E-state index contributed by atoms with van der Waals surface area (Å²) >= 11 is 0. The third-order valence-corrected chi connectivity index (χ3v) is 5.50. The van der Waals surface area contributed by atoms with E-state index in [2.05, 4.69) is 31.1 Å². The smallest absolute Gasteiger partial charge is 0.00924 e. The fourth-order valence-electron chi connectivity index (χ4n) is 4.32. The Labute approximate surface area is 126 Å². The van der Waals surface area contributed by atoms with Crippen LogP contribution in [-0.4, -0.2) is 37.6 Å². The van der Waals surface area contributed by atoms with Crippen molar-refractivity contribution in [2.75, 3.05) is 26.7 Å². The van der Waals surface area contributed by atoms with Gasteiger partial charge in [0.05, 0.1) is 0 Å². The highest BCUT2D eigenvalue weighted by Gasteiger charge is 2.36. The molecular formula is C18H36N2. The van der Waals surface area contributed by atoms with E-state index < -0.39 is 0 Å². The average Bonchev–Trinajstić information content (AvgIpc) is 2.88. The molecule has 0 aromatic carbocycles. The molecule has 2 saturated carbocycles. The van der Waals surface area contributed by atoms with Crippen molar-refractivity contribution in [3.63, 3.8) is 0 Å². The molecule has 118 valence electrons. The maximum Gasteiger partial charge on any atom is 0.00924 e. The topological polar surface area (TPSA) is 15.3 Å². The largest absolute Gasteiger partial charge is 0.316 e. The Morgan fingerprint density at radius 2 is 1.70 bits per heavy atom. The van der Waals surface area contributed by atoms with Crippen LogP contribution in [0.25, 0.3) is 0 Å². The van der Waals surface area contributed by atoms with Crippen molar-refractivity contribution in [1.29, 1.82) is 0 Å². The minimum atomic E-state index is 0.571. The Kier molecular flexibility index (Phi) is 6.35. The van der Waals surface area contributed by atoms with E-state index in [9.17, 15) is 0 Å². The molecule has 2 nitrogen and oxygen atoms in total. The number of rotatable bonds is 7. The van der Waals surface area contributed by atoms with Crippen LogP contribution in [0.1, 0.15) is 71.6 Å². The molecule has 2 rings (SSSR count). The molecule has 20 heavy (non-hydrogen) atoms. The van der Waals surface area contributed by atoms with Crippen molar-refractivity contribution in [1.82, 2.24) is 10.2 Å². The van der Waals surface area contributed by atoms with Crippen LogP contribution in [0.2, 0.25) is 0 Å². The van der Waals surface area contributed by atoms with Gasteiger partial charge in [0.2, 0.25) is 0 Å². The van der Waals surface area contributed by atoms with E-state index in [1.807, 2.05) is 0 Å². The quantitative estimate of drug-likeness (QED) is 0.756. The summed E-state index contributed by atoms with van der Waals surface area (Å²) in [7, 11) is 2.39. The lowest BCUT2D eigenvalue weighted by atomic mass is 9.84. The van der Waals surface area contributed by atoms with E-state index in [1.165, 1.54) is 77.4 Å². The normalized spacial score (nSPS) is 23.9. The zero-order chi connectivity index (χ0) is 14.4. The van der Waals surface area contributed by atoms with Gasteiger partial charge >= 0.3 is 0 Å². The van der Waals surface area contributed by atoms with Gasteiger partial charge in [0.25, 0.3) is 0 Å². The van der Waals surface area contributed by atoms with Gasteiger partial charge in [-0.3, -0.25) is 0 Å². The van der Waals surface area contributed by atoms with E-state index in [1.54, 1.807) is 0 Å². The van der Waals surface area contributed by atoms with Crippen LogP contribution in [0.4, 0.5) is 0 Å². The molecule has 2 aliphatic rings. The van der Waals surface area contributed by atoms with E-state index in [0.29, 0.717) is 5.41 Å². The fraction of sp³-hybridized carbons (Fsp3) is 1.00. The molecule has 0 aromatic heterocycles. The first-order valence-corrected chi connectivity index (χ1v) is 9.02. The molecule has 2 fully saturated rings. The van der Waals surface area contributed by atoms with Gasteiger partial charge in [0.1, 0.15) is 0 Å². The van der Waals surface area contributed by atoms with Gasteiger partial charge in [-0.15, -0.1) is 0 Å². The fourth-order valence-corrected chi connectivity index (χ4v) is 4.32.